The highest BCUT2D eigenvalue weighted by Gasteiger charge is 2.18. The molecular formula is C29H21F2N3O5. The van der Waals surface area contributed by atoms with Crippen LogP contribution in [0, 0.1) is 11.6 Å². The first-order valence-corrected chi connectivity index (χ1v) is 11.7. The normalized spacial score (nSPS) is 10.9. The van der Waals surface area contributed by atoms with Crippen LogP contribution in [0.25, 0.3) is 22.2 Å². The number of carbonyl (C=O) groups is 1. The molecular weight excluding hydrogens is 508 g/mol. The van der Waals surface area contributed by atoms with Crippen LogP contribution in [0.1, 0.15) is 15.9 Å². The molecule has 3 heterocycles. The second-order valence-corrected chi connectivity index (χ2v) is 8.46. The van der Waals surface area contributed by atoms with Gasteiger partial charge in [-0.05, 0) is 35.4 Å². The Morgan fingerprint density at radius 1 is 0.923 bits per heavy atom. The van der Waals surface area contributed by atoms with Crippen LogP contribution in [0.15, 0.2) is 78.0 Å². The summed E-state index contributed by atoms with van der Waals surface area (Å²) in [6.07, 6.45) is 4.02. The topological polar surface area (TPSA) is 103 Å². The molecule has 0 amide bonds. The molecule has 5 rings (SSSR count). The molecule has 0 saturated carbocycles. The zero-order valence-electron chi connectivity index (χ0n) is 20.8. The fourth-order valence-corrected chi connectivity index (χ4v) is 4.06. The molecule has 0 unspecified atom stereocenters. The van der Waals surface area contributed by atoms with Gasteiger partial charge in [0.25, 0.3) is 5.88 Å². The minimum absolute atomic E-state index is 0.0868. The number of H-pyrrole nitrogens is 1. The van der Waals surface area contributed by atoms with E-state index >= 15 is 4.39 Å². The van der Waals surface area contributed by atoms with Crippen LogP contribution in [0.5, 0.6) is 23.1 Å². The molecule has 10 heteroatoms. The highest BCUT2D eigenvalue weighted by atomic mass is 19.1. The minimum atomic E-state index is -0.709. The smallest absolute Gasteiger partial charge is 0.257 e. The maximum atomic E-state index is 15.0. The van der Waals surface area contributed by atoms with E-state index in [1.54, 1.807) is 12.1 Å². The molecule has 3 aromatic heterocycles. The summed E-state index contributed by atoms with van der Waals surface area (Å²) in [6.45, 7) is 0. The van der Waals surface area contributed by atoms with Crippen LogP contribution in [0.2, 0.25) is 0 Å². The summed E-state index contributed by atoms with van der Waals surface area (Å²) in [7, 11) is 2.92. The van der Waals surface area contributed by atoms with Gasteiger partial charge in [-0.15, -0.1) is 0 Å². The average molecular weight is 529 g/mol. The predicted molar refractivity (Wildman–Crippen MR) is 140 cm³/mol. The van der Waals surface area contributed by atoms with E-state index in [0.29, 0.717) is 27.9 Å². The van der Waals surface area contributed by atoms with Gasteiger partial charge < -0.3 is 19.2 Å². The lowest BCUT2D eigenvalue weighted by atomic mass is 10.00. The third-order valence-corrected chi connectivity index (χ3v) is 6.00. The second kappa shape index (κ2) is 10.7. The van der Waals surface area contributed by atoms with Gasteiger partial charge in [0.1, 0.15) is 11.3 Å². The van der Waals surface area contributed by atoms with Crippen molar-refractivity contribution in [3.8, 4) is 34.3 Å². The Bertz CT molecular complexity index is 1750. The minimum Gasteiger partial charge on any atom is -0.491 e. The zero-order chi connectivity index (χ0) is 27.5. The Balaban J connectivity index is 1.38. The quantitative estimate of drug-likeness (QED) is 0.265. The maximum Gasteiger partial charge on any atom is 0.257 e. The largest absolute Gasteiger partial charge is 0.491 e. The van der Waals surface area contributed by atoms with Gasteiger partial charge in [0, 0.05) is 42.7 Å². The van der Waals surface area contributed by atoms with Crippen LogP contribution in [0.3, 0.4) is 0 Å². The fraction of sp³-hybridized carbons (Fsp3) is 0.103. The van der Waals surface area contributed by atoms with Crippen molar-refractivity contribution in [2.75, 3.05) is 14.2 Å². The average Bonchev–Trinajstić information content (AvgIpc) is 2.94. The van der Waals surface area contributed by atoms with E-state index in [1.807, 2.05) is 0 Å². The number of aromatic nitrogens is 3. The summed E-state index contributed by atoms with van der Waals surface area (Å²) in [5.41, 5.74) is 1.25. The standard InChI is InChI=1S/C29H21F2N3O5/c1-37-26-13-22-27(34-29(26)38-2)25(9-10-33-22)39-24-8-3-16(11-21(24)31)12-23(35)20-15-32-14-19(28(20)36)17-4-6-18(30)7-5-17/h3-11,13-15H,12H2,1-2H3,(H,32,36). The Morgan fingerprint density at radius 3 is 2.44 bits per heavy atom. The summed E-state index contributed by atoms with van der Waals surface area (Å²) in [6, 6.07) is 12.6. The number of hydrogen-bond acceptors (Lipinski definition) is 7. The highest BCUT2D eigenvalue weighted by Crippen LogP contribution is 2.34. The number of ether oxygens (including phenoxy) is 3. The third-order valence-electron chi connectivity index (χ3n) is 6.00. The molecule has 196 valence electrons. The van der Waals surface area contributed by atoms with Crippen molar-refractivity contribution in [2.45, 2.75) is 6.42 Å². The number of hydrogen-bond donors (Lipinski definition) is 1. The van der Waals surface area contributed by atoms with Gasteiger partial charge in [0.15, 0.2) is 34.3 Å². The molecule has 0 fully saturated rings. The number of benzene rings is 2. The number of halogens is 2. The Kier molecular flexibility index (Phi) is 7.00. The van der Waals surface area contributed by atoms with E-state index in [9.17, 15) is 14.0 Å². The molecule has 2 aromatic carbocycles. The summed E-state index contributed by atoms with van der Waals surface area (Å²) >= 11 is 0. The van der Waals surface area contributed by atoms with Crippen molar-refractivity contribution in [1.29, 1.82) is 0 Å². The number of nitrogens with zero attached hydrogens (tertiary/aromatic N) is 2. The van der Waals surface area contributed by atoms with E-state index in [1.165, 1.54) is 75.3 Å². The summed E-state index contributed by atoms with van der Waals surface area (Å²) in [5, 5.41) is 0. The Morgan fingerprint density at radius 2 is 1.72 bits per heavy atom. The first-order valence-electron chi connectivity index (χ1n) is 11.7. The number of pyridine rings is 3. The van der Waals surface area contributed by atoms with Crippen molar-refractivity contribution in [3.63, 3.8) is 0 Å². The van der Waals surface area contributed by atoms with Crippen LogP contribution < -0.4 is 19.6 Å². The molecule has 0 aliphatic rings. The van der Waals surface area contributed by atoms with E-state index in [4.69, 9.17) is 14.2 Å². The lowest BCUT2D eigenvalue weighted by Gasteiger charge is -2.12. The summed E-state index contributed by atoms with van der Waals surface area (Å²) < 4.78 is 44.6. The van der Waals surface area contributed by atoms with Gasteiger partial charge in [-0.3, -0.25) is 14.6 Å². The molecule has 0 radical (unpaired) electrons. The van der Waals surface area contributed by atoms with Gasteiger partial charge in [0.05, 0.1) is 25.3 Å². The van der Waals surface area contributed by atoms with E-state index in [0.717, 1.165) is 0 Å². The molecule has 0 saturated heterocycles. The zero-order valence-corrected chi connectivity index (χ0v) is 20.8. The number of methoxy groups -OCH3 is 2. The van der Waals surface area contributed by atoms with Crippen molar-refractivity contribution < 1.29 is 27.8 Å². The van der Waals surface area contributed by atoms with Crippen LogP contribution >= 0.6 is 0 Å². The van der Waals surface area contributed by atoms with Crippen molar-refractivity contribution in [1.82, 2.24) is 15.0 Å². The van der Waals surface area contributed by atoms with Gasteiger partial charge in [-0.25, -0.2) is 13.8 Å². The van der Waals surface area contributed by atoms with E-state index in [-0.39, 0.29) is 34.9 Å². The number of Topliss-reactive ketones (excluding diaryl/α,β-unsaturated/α-hetero) is 1. The molecule has 0 atom stereocenters. The lowest BCUT2D eigenvalue weighted by Crippen LogP contribution is -2.18. The highest BCUT2D eigenvalue weighted by molar-refractivity contribution is 5.98. The first-order chi connectivity index (χ1) is 18.9. The van der Waals surface area contributed by atoms with Crippen molar-refractivity contribution in [3.05, 3.63) is 106 Å². The van der Waals surface area contributed by atoms with Crippen LogP contribution in [-0.4, -0.2) is 35.0 Å². The monoisotopic (exact) mass is 529 g/mol. The van der Waals surface area contributed by atoms with Gasteiger partial charge in [0.2, 0.25) is 0 Å². The second-order valence-electron chi connectivity index (χ2n) is 8.46. The molecule has 0 aliphatic heterocycles. The molecule has 0 aliphatic carbocycles. The summed E-state index contributed by atoms with van der Waals surface area (Å²) in [5.74, 6) is -0.893. The van der Waals surface area contributed by atoms with E-state index in [2.05, 4.69) is 15.0 Å². The van der Waals surface area contributed by atoms with Crippen LogP contribution in [-0.2, 0) is 6.42 Å². The third kappa shape index (κ3) is 5.17. The van der Waals surface area contributed by atoms with Crippen molar-refractivity contribution in [2.24, 2.45) is 0 Å². The molecule has 0 spiro atoms. The number of ketones is 1. The first kappa shape index (κ1) is 25.5. The Labute approximate surface area is 220 Å². The van der Waals surface area contributed by atoms with E-state index < -0.39 is 22.8 Å². The Hall–Kier alpha value is -5.12. The van der Waals surface area contributed by atoms with Gasteiger partial charge in [-0.1, -0.05) is 18.2 Å². The molecule has 0 bridgehead atoms. The molecule has 5 aromatic rings. The van der Waals surface area contributed by atoms with Gasteiger partial charge in [-0.2, -0.15) is 0 Å². The SMILES string of the molecule is COc1cc2nccc(Oc3ccc(CC(=O)c4c[nH]cc(-c5ccc(F)cc5)c4=O)cc3F)c2nc1OC. The van der Waals surface area contributed by atoms with Crippen molar-refractivity contribution >= 4 is 16.8 Å². The van der Waals surface area contributed by atoms with Crippen LogP contribution in [0.4, 0.5) is 8.78 Å². The summed E-state index contributed by atoms with van der Waals surface area (Å²) in [4.78, 5) is 37.3. The molecule has 1 N–H and O–H groups in total. The maximum absolute atomic E-state index is 15.0. The lowest BCUT2D eigenvalue weighted by molar-refractivity contribution is 0.0991. The number of carbonyl (C=O) groups excluding carboxylic acids is 1. The number of nitrogens with one attached hydrogen (secondary N) is 1. The fourth-order valence-electron chi connectivity index (χ4n) is 4.06. The number of fused-ring (bicyclic) bond motifs is 1. The molecule has 8 nitrogen and oxygen atoms in total. The number of aromatic amines is 1. The predicted octanol–water partition coefficient (Wildman–Crippen LogP) is 5.50. The number of rotatable bonds is 8. The molecule has 39 heavy (non-hydrogen) atoms. The van der Waals surface area contributed by atoms with Gasteiger partial charge >= 0.3 is 0 Å².